The van der Waals surface area contributed by atoms with Crippen molar-refractivity contribution in [2.75, 3.05) is 37.7 Å². The molecule has 5 aliphatic rings. The first-order valence-electron chi connectivity index (χ1n) is 15.5. The molecule has 39 heavy (non-hydrogen) atoms. The molecular formula is C30H51NO7S. The molecule has 4 unspecified atom stereocenters. The molecule has 11 atom stereocenters. The van der Waals surface area contributed by atoms with Crippen molar-refractivity contribution in [3.63, 3.8) is 0 Å². The van der Waals surface area contributed by atoms with Crippen LogP contribution in [0, 0.1) is 46.3 Å². The minimum atomic E-state index is -2.91. The molecule has 0 aromatic carbocycles. The van der Waals surface area contributed by atoms with Gasteiger partial charge in [-0.2, -0.15) is 0 Å². The minimum Gasteiger partial charge on any atom is -0.464 e. The van der Waals surface area contributed by atoms with Crippen LogP contribution >= 0.6 is 0 Å². The van der Waals surface area contributed by atoms with Crippen molar-refractivity contribution in [2.24, 2.45) is 46.3 Å². The van der Waals surface area contributed by atoms with Gasteiger partial charge in [-0.15, -0.1) is 0 Å². The Balaban J connectivity index is 1.16. The van der Waals surface area contributed by atoms with Crippen LogP contribution in [-0.2, 0) is 19.4 Å². The van der Waals surface area contributed by atoms with Crippen molar-refractivity contribution in [3.05, 3.63) is 0 Å². The van der Waals surface area contributed by atoms with Gasteiger partial charge in [0.2, 0.25) is 0 Å². The van der Waals surface area contributed by atoms with Crippen molar-refractivity contribution >= 4 is 15.8 Å². The van der Waals surface area contributed by atoms with Gasteiger partial charge in [0.25, 0.3) is 0 Å². The van der Waals surface area contributed by atoms with Crippen LogP contribution in [0.3, 0.4) is 0 Å². The summed E-state index contributed by atoms with van der Waals surface area (Å²) in [6, 6.07) is 0. The molecule has 5 rings (SSSR count). The number of sulfone groups is 1. The van der Waals surface area contributed by atoms with Crippen LogP contribution in [0.4, 0.5) is 0 Å². The fourth-order valence-electron chi connectivity index (χ4n) is 10.0. The summed E-state index contributed by atoms with van der Waals surface area (Å²) in [7, 11) is -2.91. The summed E-state index contributed by atoms with van der Waals surface area (Å²) >= 11 is 0. The average Bonchev–Trinajstić information content (AvgIpc) is 3.24. The van der Waals surface area contributed by atoms with Gasteiger partial charge in [0.15, 0.2) is 9.84 Å². The minimum absolute atomic E-state index is 0.0708. The van der Waals surface area contributed by atoms with Gasteiger partial charge in [0.1, 0.15) is 6.61 Å². The summed E-state index contributed by atoms with van der Waals surface area (Å²) in [5, 5.41) is 33.5. The van der Waals surface area contributed by atoms with Crippen molar-refractivity contribution in [1.29, 1.82) is 0 Å². The lowest BCUT2D eigenvalue weighted by molar-refractivity contribution is -0.207. The van der Waals surface area contributed by atoms with Crippen LogP contribution in [0.5, 0.6) is 0 Å². The topological polar surface area (TPSA) is 124 Å². The van der Waals surface area contributed by atoms with Crippen LogP contribution in [0.1, 0.15) is 78.6 Å². The second kappa shape index (κ2) is 11.2. The monoisotopic (exact) mass is 569 g/mol. The van der Waals surface area contributed by atoms with E-state index in [0.29, 0.717) is 37.9 Å². The number of aliphatic hydroxyl groups excluding tert-OH is 3. The van der Waals surface area contributed by atoms with Crippen LogP contribution in [0.2, 0.25) is 0 Å². The highest BCUT2D eigenvalue weighted by Crippen LogP contribution is 2.68. The van der Waals surface area contributed by atoms with E-state index in [-0.39, 0.29) is 70.8 Å². The number of hydrogen-bond donors (Lipinski definition) is 3. The van der Waals surface area contributed by atoms with E-state index in [9.17, 15) is 28.5 Å². The maximum atomic E-state index is 12.5. The van der Waals surface area contributed by atoms with Gasteiger partial charge < -0.3 is 20.1 Å². The van der Waals surface area contributed by atoms with E-state index in [2.05, 4.69) is 20.8 Å². The molecule has 1 saturated heterocycles. The smallest absolute Gasteiger partial charge is 0.305 e. The fraction of sp³-hybridized carbons (Fsp3) is 0.967. The first kappa shape index (κ1) is 29.7. The van der Waals surface area contributed by atoms with E-state index in [0.717, 1.165) is 51.4 Å². The lowest BCUT2D eigenvalue weighted by atomic mass is 9.43. The Bertz CT molecular complexity index is 991. The third-order valence-corrected chi connectivity index (χ3v) is 14.0. The molecule has 224 valence electrons. The quantitative estimate of drug-likeness (QED) is 0.400. The highest BCUT2D eigenvalue weighted by Gasteiger charge is 2.65. The van der Waals surface area contributed by atoms with Crippen LogP contribution in [0.15, 0.2) is 0 Å². The molecule has 0 aromatic rings. The van der Waals surface area contributed by atoms with Gasteiger partial charge in [0, 0.05) is 26.1 Å². The lowest BCUT2D eigenvalue weighted by Gasteiger charge is -2.63. The van der Waals surface area contributed by atoms with E-state index in [1.54, 1.807) is 0 Å². The van der Waals surface area contributed by atoms with E-state index in [1.807, 2.05) is 4.90 Å². The second-order valence-corrected chi connectivity index (χ2v) is 16.6. The number of carbonyl (C=O) groups excluding carboxylic acids is 1. The standard InChI is InChI=1S/C30H51NO7S/c1-19(4-7-27(35)38-13-10-31-11-14-39(36,37)15-12-31)22-5-6-23-28-24(18-26(34)30(22,23)3)29(2)9-8-21(32)16-20(29)17-25(28)33/h19-26,28,32-34H,4-18H2,1-3H3/t19?,20-,21?,22+,23-,24-,25?,26?,28-,29-,30+/m0/s1. The summed E-state index contributed by atoms with van der Waals surface area (Å²) in [5.74, 6) is 1.78. The predicted octanol–water partition coefficient (Wildman–Crippen LogP) is 2.64. The third-order valence-electron chi connectivity index (χ3n) is 12.4. The van der Waals surface area contributed by atoms with E-state index < -0.39 is 15.9 Å². The second-order valence-electron chi connectivity index (χ2n) is 14.3. The van der Waals surface area contributed by atoms with Crippen LogP contribution < -0.4 is 0 Å². The summed E-state index contributed by atoms with van der Waals surface area (Å²) in [6.07, 6.45) is 6.07. The van der Waals surface area contributed by atoms with E-state index in [1.165, 1.54) is 0 Å². The molecule has 0 radical (unpaired) electrons. The zero-order valence-corrected chi connectivity index (χ0v) is 24.9. The van der Waals surface area contributed by atoms with E-state index >= 15 is 0 Å². The number of aliphatic hydroxyl groups is 3. The van der Waals surface area contributed by atoms with Crippen LogP contribution in [-0.4, -0.2) is 90.7 Å². The van der Waals surface area contributed by atoms with Crippen molar-refractivity contribution in [2.45, 2.75) is 96.9 Å². The zero-order chi connectivity index (χ0) is 28.2. The summed E-state index contributed by atoms with van der Waals surface area (Å²) < 4.78 is 28.7. The van der Waals surface area contributed by atoms with Gasteiger partial charge in [-0.1, -0.05) is 20.8 Å². The summed E-state index contributed by atoms with van der Waals surface area (Å²) in [4.78, 5) is 14.6. The van der Waals surface area contributed by atoms with Gasteiger partial charge >= 0.3 is 5.97 Å². The molecule has 3 N–H and O–H groups in total. The first-order chi connectivity index (χ1) is 18.3. The number of nitrogens with zero attached hydrogens (tertiary/aromatic N) is 1. The Morgan fingerprint density at radius 3 is 2.46 bits per heavy atom. The molecule has 8 nitrogen and oxygen atoms in total. The Morgan fingerprint density at radius 1 is 1.03 bits per heavy atom. The van der Waals surface area contributed by atoms with Gasteiger partial charge in [-0.25, -0.2) is 8.42 Å². The zero-order valence-electron chi connectivity index (χ0n) is 24.1. The molecule has 1 aliphatic heterocycles. The average molecular weight is 570 g/mol. The number of rotatable bonds is 7. The van der Waals surface area contributed by atoms with Crippen molar-refractivity contribution in [3.8, 4) is 0 Å². The lowest BCUT2D eigenvalue weighted by Crippen LogP contribution is -2.62. The molecule has 9 heteroatoms. The van der Waals surface area contributed by atoms with E-state index in [4.69, 9.17) is 4.74 Å². The molecule has 1 heterocycles. The number of fused-ring (bicyclic) bond motifs is 5. The maximum Gasteiger partial charge on any atom is 0.305 e. The fourth-order valence-corrected chi connectivity index (χ4v) is 11.3. The third kappa shape index (κ3) is 5.56. The molecule has 4 saturated carbocycles. The number of carbonyl (C=O) groups is 1. The number of hydrogen-bond acceptors (Lipinski definition) is 8. The Kier molecular flexibility index (Phi) is 8.51. The number of esters is 1. The molecular weight excluding hydrogens is 518 g/mol. The summed E-state index contributed by atoms with van der Waals surface area (Å²) in [5.41, 5.74) is -0.196. The normalized spacial score (nSPS) is 46.5. The predicted molar refractivity (Wildman–Crippen MR) is 148 cm³/mol. The first-order valence-corrected chi connectivity index (χ1v) is 17.3. The van der Waals surface area contributed by atoms with Crippen LogP contribution in [0.25, 0.3) is 0 Å². The summed E-state index contributed by atoms with van der Waals surface area (Å²) in [6.45, 7) is 8.65. The molecule has 5 fully saturated rings. The largest absolute Gasteiger partial charge is 0.464 e. The Morgan fingerprint density at radius 2 is 1.74 bits per heavy atom. The van der Waals surface area contributed by atoms with Gasteiger partial charge in [0.05, 0.1) is 29.8 Å². The SMILES string of the molecule is CC(CCC(=O)OCCN1CCS(=O)(=O)CC1)[C@H]1CC[C@H]2[C@@H]3C(O)C[C@@H]4CC(O)CC[C@]4(C)[C@H]3CC(O)[C@]12C. The highest BCUT2D eigenvalue weighted by atomic mass is 32.2. The van der Waals surface area contributed by atoms with Crippen molar-refractivity contribution < 1.29 is 33.3 Å². The highest BCUT2D eigenvalue weighted by molar-refractivity contribution is 7.91. The van der Waals surface area contributed by atoms with Crippen molar-refractivity contribution in [1.82, 2.24) is 4.90 Å². The molecule has 0 aromatic heterocycles. The molecule has 0 bridgehead atoms. The van der Waals surface area contributed by atoms with Gasteiger partial charge in [-0.05, 0) is 97.7 Å². The maximum absolute atomic E-state index is 12.5. The molecule has 0 amide bonds. The molecule has 0 spiro atoms. The Hall–Kier alpha value is -0.740. The number of ether oxygens (including phenoxy) is 1. The molecule has 4 aliphatic carbocycles. The van der Waals surface area contributed by atoms with Gasteiger partial charge in [-0.3, -0.25) is 9.69 Å². The Labute approximate surface area is 234 Å².